The van der Waals surface area contributed by atoms with Crippen molar-refractivity contribution in [2.75, 3.05) is 12.0 Å². The van der Waals surface area contributed by atoms with Gasteiger partial charge in [-0.15, -0.1) is 0 Å². The molecule has 1 aliphatic carbocycles. The van der Waals surface area contributed by atoms with Crippen LogP contribution in [0.5, 0.6) is 0 Å². The van der Waals surface area contributed by atoms with E-state index in [4.69, 9.17) is 4.74 Å². The second-order valence-corrected chi connectivity index (χ2v) is 6.02. The van der Waals surface area contributed by atoms with Gasteiger partial charge in [0.05, 0.1) is 42.2 Å². The van der Waals surface area contributed by atoms with E-state index in [9.17, 15) is 19.2 Å². The second-order valence-electron chi connectivity index (χ2n) is 6.02. The highest BCUT2D eigenvalue weighted by atomic mass is 16.5. The Morgan fingerprint density at radius 3 is 2.42 bits per heavy atom. The molecule has 0 saturated carbocycles. The molecule has 3 amide bonds. The van der Waals surface area contributed by atoms with Crippen LogP contribution in [0.3, 0.4) is 0 Å². The number of esters is 1. The molecule has 0 spiro atoms. The summed E-state index contributed by atoms with van der Waals surface area (Å²) in [6.45, 7) is 0. The number of anilines is 1. The third-order valence-corrected chi connectivity index (χ3v) is 4.87. The Morgan fingerprint density at radius 2 is 1.75 bits per heavy atom. The van der Waals surface area contributed by atoms with E-state index in [2.05, 4.69) is 5.32 Å². The highest BCUT2D eigenvalue weighted by molar-refractivity contribution is 6.24. The molecule has 7 heteroatoms. The standard InChI is InChI=1S/C17H14N2O5/c1-24-17(23)10-7-9-11-12(13(10)18-14(9)20)16(22)19(15(11)21)8-5-3-2-4-6-8/h2-7,9,11-13H,1H3,(H,18,20)/t9-,11+,12+,13+/m1/s1. The van der Waals surface area contributed by atoms with E-state index < -0.39 is 41.6 Å². The number of methoxy groups -OCH3 is 1. The molecular weight excluding hydrogens is 312 g/mol. The SMILES string of the molecule is COC(=O)C1=C[C@H]2C(=O)N[C@@H]1[C@H]1C(=O)N(c3ccccc3)C(=O)[C@H]12. The molecule has 7 nitrogen and oxygen atoms in total. The van der Waals surface area contributed by atoms with Crippen molar-refractivity contribution in [1.29, 1.82) is 0 Å². The quantitative estimate of drug-likeness (QED) is 0.611. The maximum absolute atomic E-state index is 12.9. The lowest BCUT2D eigenvalue weighted by Gasteiger charge is -2.40. The molecule has 0 aromatic heterocycles. The zero-order valence-corrected chi connectivity index (χ0v) is 12.8. The van der Waals surface area contributed by atoms with Crippen LogP contribution in [0.15, 0.2) is 42.0 Å². The predicted octanol–water partition coefficient (Wildman–Crippen LogP) is 0.0198. The fourth-order valence-corrected chi connectivity index (χ4v) is 3.84. The summed E-state index contributed by atoms with van der Waals surface area (Å²) in [5.74, 6) is -4.13. The smallest absolute Gasteiger partial charge is 0.335 e. The molecular formula is C17H14N2O5. The molecule has 4 atom stereocenters. The number of rotatable bonds is 2. The molecule has 1 aromatic carbocycles. The molecule has 24 heavy (non-hydrogen) atoms. The number of fused-ring (bicyclic) bond motifs is 1. The van der Waals surface area contributed by atoms with E-state index in [1.54, 1.807) is 30.3 Å². The molecule has 0 radical (unpaired) electrons. The first-order chi connectivity index (χ1) is 11.5. The molecule has 2 fully saturated rings. The number of hydrogen-bond acceptors (Lipinski definition) is 5. The fourth-order valence-electron chi connectivity index (χ4n) is 3.84. The van der Waals surface area contributed by atoms with Crippen LogP contribution >= 0.6 is 0 Å². The van der Waals surface area contributed by atoms with Crippen LogP contribution in [0.4, 0.5) is 5.69 Å². The number of carbonyl (C=O) groups excluding carboxylic acids is 4. The summed E-state index contributed by atoms with van der Waals surface area (Å²) in [4.78, 5) is 50.9. The average molecular weight is 326 g/mol. The van der Waals surface area contributed by atoms with Gasteiger partial charge in [0.15, 0.2) is 0 Å². The van der Waals surface area contributed by atoms with Gasteiger partial charge < -0.3 is 10.1 Å². The van der Waals surface area contributed by atoms with Crippen LogP contribution in [-0.4, -0.2) is 36.8 Å². The van der Waals surface area contributed by atoms with E-state index in [0.717, 1.165) is 4.90 Å². The molecule has 3 heterocycles. The largest absolute Gasteiger partial charge is 0.466 e. The molecule has 122 valence electrons. The minimum atomic E-state index is -0.834. The lowest BCUT2D eigenvalue weighted by Crippen LogP contribution is -2.60. The Hall–Kier alpha value is -2.96. The first kappa shape index (κ1) is 14.6. The van der Waals surface area contributed by atoms with Gasteiger partial charge in [0.25, 0.3) is 0 Å². The second kappa shape index (κ2) is 5.02. The van der Waals surface area contributed by atoms with E-state index in [-0.39, 0.29) is 11.5 Å². The van der Waals surface area contributed by atoms with Crippen molar-refractivity contribution >= 4 is 29.4 Å². The number of para-hydroxylation sites is 1. The van der Waals surface area contributed by atoms with Crippen molar-refractivity contribution in [3.8, 4) is 0 Å². The molecule has 4 aliphatic rings. The number of carbonyl (C=O) groups is 4. The molecule has 3 aliphatic heterocycles. The summed E-state index contributed by atoms with van der Waals surface area (Å²) in [5.41, 5.74) is 0.702. The zero-order valence-electron chi connectivity index (χ0n) is 12.8. The maximum atomic E-state index is 12.9. The number of piperidine rings is 1. The summed E-state index contributed by atoms with van der Waals surface area (Å²) in [5, 5.41) is 2.67. The lowest BCUT2D eigenvalue weighted by molar-refractivity contribution is -0.141. The van der Waals surface area contributed by atoms with Crippen molar-refractivity contribution in [3.63, 3.8) is 0 Å². The number of ether oxygens (including phenoxy) is 1. The number of imide groups is 1. The minimum absolute atomic E-state index is 0.236. The minimum Gasteiger partial charge on any atom is -0.466 e. The maximum Gasteiger partial charge on any atom is 0.335 e. The summed E-state index contributed by atoms with van der Waals surface area (Å²) >= 11 is 0. The predicted molar refractivity (Wildman–Crippen MR) is 81.4 cm³/mol. The van der Waals surface area contributed by atoms with Gasteiger partial charge in [0.2, 0.25) is 17.7 Å². The van der Waals surface area contributed by atoms with Crippen molar-refractivity contribution in [3.05, 3.63) is 42.0 Å². The van der Waals surface area contributed by atoms with Crippen molar-refractivity contribution in [2.24, 2.45) is 17.8 Å². The van der Waals surface area contributed by atoms with Crippen LogP contribution < -0.4 is 10.2 Å². The van der Waals surface area contributed by atoms with Gasteiger partial charge in [-0.1, -0.05) is 24.3 Å². The van der Waals surface area contributed by atoms with Crippen LogP contribution in [0.1, 0.15) is 0 Å². The highest BCUT2D eigenvalue weighted by Gasteiger charge is 2.62. The van der Waals surface area contributed by atoms with Gasteiger partial charge in [0, 0.05) is 0 Å². The molecule has 2 bridgehead atoms. The van der Waals surface area contributed by atoms with Crippen LogP contribution in [0.2, 0.25) is 0 Å². The van der Waals surface area contributed by atoms with Crippen LogP contribution in [0, 0.1) is 17.8 Å². The number of amides is 3. The summed E-state index contributed by atoms with van der Waals surface area (Å²) in [6.07, 6.45) is 1.47. The Balaban J connectivity index is 1.79. The van der Waals surface area contributed by atoms with Gasteiger partial charge in [0.1, 0.15) is 0 Å². The van der Waals surface area contributed by atoms with Gasteiger partial charge >= 0.3 is 5.97 Å². The Morgan fingerprint density at radius 1 is 1.08 bits per heavy atom. The van der Waals surface area contributed by atoms with Crippen LogP contribution in [0.25, 0.3) is 0 Å². The first-order valence-electron chi connectivity index (χ1n) is 7.58. The summed E-state index contributed by atoms with van der Waals surface area (Å²) in [6, 6.07) is 7.75. The van der Waals surface area contributed by atoms with Crippen molar-refractivity contribution < 1.29 is 23.9 Å². The highest BCUT2D eigenvalue weighted by Crippen LogP contribution is 2.46. The van der Waals surface area contributed by atoms with Crippen molar-refractivity contribution in [2.45, 2.75) is 6.04 Å². The third kappa shape index (κ3) is 1.78. The van der Waals surface area contributed by atoms with Crippen molar-refractivity contribution in [1.82, 2.24) is 5.32 Å². The topological polar surface area (TPSA) is 92.8 Å². The number of hydrogen-bond donors (Lipinski definition) is 1. The fraction of sp³-hybridized carbons (Fsp3) is 0.294. The Bertz CT molecular complexity index is 800. The molecule has 2 saturated heterocycles. The molecule has 5 rings (SSSR count). The van der Waals surface area contributed by atoms with Gasteiger partial charge in [-0.05, 0) is 12.1 Å². The van der Waals surface area contributed by atoms with E-state index in [1.165, 1.54) is 13.2 Å². The third-order valence-electron chi connectivity index (χ3n) is 4.87. The Labute approximate surface area is 137 Å². The van der Waals surface area contributed by atoms with Crippen LogP contribution in [-0.2, 0) is 23.9 Å². The van der Waals surface area contributed by atoms with E-state index in [0.29, 0.717) is 5.69 Å². The Kier molecular flexibility index (Phi) is 3.06. The molecule has 1 N–H and O–H groups in total. The van der Waals surface area contributed by atoms with Gasteiger partial charge in [-0.3, -0.25) is 14.4 Å². The zero-order chi connectivity index (χ0) is 17.0. The van der Waals surface area contributed by atoms with E-state index >= 15 is 0 Å². The first-order valence-corrected chi connectivity index (χ1v) is 7.58. The number of nitrogens with one attached hydrogen (secondary N) is 1. The molecule has 0 unspecified atom stereocenters. The number of nitrogens with zero attached hydrogens (tertiary/aromatic N) is 1. The lowest BCUT2D eigenvalue weighted by atomic mass is 9.67. The normalized spacial score (nSPS) is 30.8. The van der Waals surface area contributed by atoms with E-state index in [1.807, 2.05) is 0 Å². The molecule has 1 aromatic rings. The summed E-state index contributed by atoms with van der Waals surface area (Å²) in [7, 11) is 1.24. The average Bonchev–Trinajstić information content (AvgIpc) is 2.87. The van der Waals surface area contributed by atoms with Gasteiger partial charge in [-0.2, -0.15) is 0 Å². The van der Waals surface area contributed by atoms with Gasteiger partial charge in [-0.25, -0.2) is 9.69 Å². The summed E-state index contributed by atoms with van der Waals surface area (Å²) < 4.78 is 4.73. The monoisotopic (exact) mass is 326 g/mol. The number of benzene rings is 1.